The summed E-state index contributed by atoms with van der Waals surface area (Å²) in [6, 6.07) is 15.6. The number of halogens is 3. The number of aliphatic imine (C=N–C) groups is 1. The first-order valence-electron chi connectivity index (χ1n) is 8.14. The molecule has 1 amide bonds. The third-order valence-electron chi connectivity index (χ3n) is 3.52. The van der Waals surface area contributed by atoms with Crippen LogP contribution in [0.15, 0.2) is 65.7 Å². The topological polar surface area (TPSA) is 105 Å². The third-order valence-corrected chi connectivity index (χ3v) is 4.63. The van der Waals surface area contributed by atoms with Gasteiger partial charge in [0.25, 0.3) is 5.91 Å². The number of hydrogen-bond acceptors (Lipinski definition) is 5. The van der Waals surface area contributed by atoms with E-state index in [4.69, 9.17) is 0 Å². The zero-order chi connectivity index (χ0) is 21.5. The summed E-state index contributed by atoms with van der Waals surface area (Å²) < 4.78 is 62.0. The van der Waals surface area contributed by atoms with Gasteiger partial charge in [-0.2, -0.15) is 21.6 Å². The van der Waals surface area contributed by atoms with E-state index in [1.54, 1.807) is 36.4 Å². The fourth-order valence-electron chi connectivity index (χ4n) is 2.08. The maximum Gasteiger partial charge on any atom is 0.516 e. The standard InChI is InChI=1S/C18H16F3N3O4S/c19-18(20,21)29(27,28)24-16(12-23-17(26)14-9-5-2-6-10-14)22-11-15(25)13-7-3-1-4-8-13/h1-10H,11-12H2,(H,22,24)(H,23,26). The van der Waals surface area contributed by atoms with Crippen molar-refractivity contribution in [1.82, 2.24) is 10.0 Å². The number of nitrogens with zero attached hydrogens (tertiary/aromatic N) is 1. The third kappa shape index (κ3) is 6.42. The number of amidine groups is 1. The lowest BCUT2D eigenvalue weighted by Gasteiger charge is -2.13. The van der Waals surface area contributed by atoms with Gasteiger partial charge in [0.05, 0.1) is 6.54 Å². The van der Waals surface area contributed by atoms with E-state index in [0.29, 0.717) is 0 Å². The number of alkyl halides is 3. The molecule has 0 aliphatic rings. The average molecular weight is 427 g/mol. The summed E-state index contributed by atoms with van der Waals surface area (Å²) >= 11 is 0. The summed E-state index contributed by atoms with van der Waals surface area (Å²) in [7, 11) is -5.77. The molecule has 0 fully saturated rings. The fraction of sp³-hybridized carbons (Fsp3) is 0.167. The number of rotatable bonds is 7. The molecular formula is C18H16F3N3O4S. The number of carbonyl (C=O) groups is 2. The second kappa shape index (κ2) is 9.32. The first-order chi connectivity index (χ1) is 13.6. The summed E-state index contributed by atoms with van der Waals surface area (Å²) in [4.78, 5) is 27.7. The normalized spacial score (nSPS) is 12.3. The Morgan fingerprint density at radius 3 is 1.93 bits per heavy atom. The Labute approximate surface area is 164 Å². The van der Waals surface area contributed by atoms with E-state index >= 15 is 0 Å². The molecule has 0 bridgehead atoms. The number of amides is 1. The molecule has 2 rings (SSSR count). The van der Waals surface area contributed by atoms with Gasteiger partial charge >= 0.3 is 15.5 Å². The predicted octanol–water partition coefficient (Wildman–Crippen LogP) is 2.14. The van der Waals surface area contributed by atoms with Crippen LogP contribution in [0, 0.1) is 0 Å². The molecule has 0 atom stereocenters. The van der Waals surface area contributed by atoms with E-state index in [-0.39, 0.29) is 11.1 Å². The number of Topliss-reactive ketones (excluding diaryl/α,β-unsaturated/α-hetero) is 1. The van der Waals surface area contributed by atoms with Crippen molar-refractivity contribution in [3.63, 3.8) is 0 Å². The van der Waals surface area contributed by atoms with Crippen LogP contribution >= 0.6 is 0 Å². The minimum Gasteiger partial charge on any atom is -0.345 e. The van der Waals surface area contributed by atoms with E-state index in [1.807, 2.05) is 0 Å². The van der Waals surface area contributed by atoms with Crippen molar-refractivity contribution >= 4 is 27.5 Å². The first kappa shape index (κ1) is 22.1. The number of benzene rings is 2. The Hall–Kier alpha value is -3.21. The lowest BCUT2D eigenvalue weighted by molar-refractivity contribution is -0.0442. The molecular weight excluding hydrogens is 411 g/mol. The van der Waals surface area contributed by atoms with Crippen LogP contribution in [0.25, 0.3) is 0 Å². The van der Waals surface area contributed by atoms with Crippen molar-refractivity contribution in [2.45, 2.75) is 5.51 Å². The zero-order valence-corrected chi connectivity index (χ0v) is 15.6. The highest BCUT2D eigenvalue weighted by atomic mass is 32.2. The van der Waals surface area contributed by atoms with Crippen molar-refractivity contribution in [2.24, 2.45) is 4.99 Å². The van der Waals surface area contributed by atoms with Crippen LogP contribution < -0.4 is 10.0 Å². The summed E-state index contributed by atoms with van der Waals surface area (Å²) in [5.74, 6) is -1.92. The summed E-state index contributed by atoms with van der Waals surface area (Å²) in [6.45, 7) is -1.27. The molecule has 2 N–H and O–H groups in total. The van der Waals surface area contributed by atoms with E-state index < -0.39 is 46.1 Å². The molecule has 0 radical (unpaired) electrons. The van der Waals surface area contributed by atoms with Gasteiger partial charge in [-0.25, -0.2) is 0 Å². The lowest BCUT2D eigenvalue weighted by atomic mass is 10.1. The van der Waals surface area contributed by atoms with Crippen molar-refractivity contribution < 1.29 is 31.2 Å². The minimum absolute atomic E-state index is 0.214. The van der Waals surface area contributed by atoms with Gasteiger partial charge in [-0.05, 0) is 12.1 Å². The molecule has 2 aromatic rings. The number of sulfonamides is 1. The Bertz CT molecular complexity index is 992. The Kier molecular flexibility index (Phi) is 7.10. The van der Waals surface area contributed by atoms with Crippen LogP contribution in [-0.2, 0) is 10.0 Å². The number of ketones is 1. The largest absolute Gasteiger partial charge is 0.516 e. The number of carbonyl (C=O) groups excluding carboxylic acids is 2. The van der Waals surface area contributed by atoms with E-state index in [9.17, 15) is 31.2 Å². The number of nitrogens with one attached hydrogen (secondary N) is 2. The van der Waals surface area contributed by atoms with Gasteiger partial charge in [0.15, 0.2) is 5.78 Å². The van der Waals surface area contributed by atoms with Crippen LogP contribution in [-0.4, -0.2) is 44.5 Å². The van der Waals surface area contributed by atoms with Crippen molar-refractivity contribution in [3.05, 3.63) is 71.8 Å². The molecule has 0 spiro atoms. The summed E-state index contributed by atoms with van der Waals surface area (Å²) in [6.07, 6.45) is 0. The molecule has 0 saturated heterocycles. The molecule has 11 heteroatoms. The van der Waals surface area contributed by atoms with Crippen LogP contribution in [0.4, 0.5) is 13.2 Å². The second-order valence-electron chi connectivity index (χ2n) is 5.65. The lowest BCUT2D eigenvalue weighted by Crippen LogP contribution is -2.45. The number of hydrogen-bond donors (Lipinski definition) is 2. The smallest absolute Gasteiger partial charge is 0.345 e. The van der Waals surface area contributed by atoms with Crippen LogP contribution in [0.3, 0.4) is 0 Å². The highest BCUT2D eigenvalue weighted by Crippen LogP contribution is 2.21. The van der Waals surface area contributed by atoms with Gasteiger partial charge in [-0.15, -0.1) is 0 Å². The molecule has 0 unspecified atom stereocenters. The van der Waals surface area contributed by atoms with Crippen LogP contribution in [0.5, 0.6) is 0 Å². The molecule has 154 valence electrons. The maximum absolute atomic E-state index is 12.7. The van der Waals surface area contributed by atoms with Gasteiger partial charge in [0.2, 0.25) is 0 Å². The van der Waals surface area contributed by atoms with E-state index in [0.717, 1.165) is 0 Å². The van der Waals surface area contributed by atoms with Crippen LogP contribution in [0.2, 0.25) is 0 Å². The van der Waals surface area contributed by atoms with Gasteiger partial charge < -0.3 is 5.32 Å². The molecule has 0 heterocycles. The van der Waals surface area contributed by atoms with Gasteiger partial charge in [0, 0.05) is 11.1 Å². The van der Waals surface area contributed by atoms with Gasteiger partial charge in [-0.1, -0.05) is 48.5 Å². The Morgan fingerprint density at radius 1 is 0.897 bits per heavy atom. The Balaban J connectivity index is 2.16. The van der Waals surface area contributed by atoms with E-state index in [2.05, 4.69) is 10.3 Å². The molecule has 29 heavy (non-hydrogen) atoms. The zero-order valence-electron chi connectivity index (χ0n) is 14.8. The quantitative estimate of drug-likeness (QED) is 0.401. The molecule has 7 nitrogen and oxygen atoms in total. The highest BCUT2D eigenvalue weighted by Gasteiger charge is 2.46. The summed E-state index contributed by atoms with van der Waals surface area (Å²) in [5, 5.41) is 2.26. The van der Waals surface area contributed by atoms with E-state index in [1.165, 1.54) is 29.0 Å². The summed E-state index contributed by atoms with van der Waals surface area (Å²) in [5.41, 5.74) is -5.12. The van der Waals surface area contributed by atoms with Crippen molar-refractivity contribution in [2.75, 3.05) is 13.1 Å². The molecule has 0 aliphatic heterocycles. The monoisotopic (exact) mass is 427 g/mol. The van der Waals surface area contributed by atoms with Crippen molar-refractivity contribution in [1.29, 1.82) is 0 Å². The molecule has 2 aromatic carbocycles. The fourth-order valence-corrected chi connectivity index (χ4v) is 2.64. The SMILES string of the molecule is O=C(CN=C(CNC(=O)c1ccccc1)NS(=O)(=O)C(F)(F)F)c1ccccc1. The second-order valence-corrected chi connectivity index (χ2v) is 7.33. The highest BCUT2D eigenvalue weighted by molar-refractivity contribution is 7.90. The Morgan fingerprint density at radius 2 is 1.41 bits per heavy atom. The van der Waals surface area contributed by atoms with Gasteiger partial charge in [-0.3, -0.25) is 19.3 Å². The molecule has 0 aliphatic carbocycles. The first-order valence-corrected chi connectivity index (χ1v) is 9.62. The van der Waals surface area contributed by atoms with Gasteiger partial charge in [0.1, 0.15) is 12.4 Å². The predicted molar refractivity (Wildman–Crippen MR) is 100.0 cm³/mol. The molecule has 0 saturated carbocycles. The molecule has 0 aromatic heterocycles. The minimum atomic E-state index is -5.77. The average Bonchev–Trinajstić information content (AvgIpc) is 2.69. The van der Waals surface area contributed by atoms with Crippen LogP contribution in [0.1, 0.15) is 20.7 Å². The maximum atomic E-state index is 12.7. The van der Waals surface area contributed by atoms with Crippen molar-refractivity contribution in [3.8, 4) is 0 Å².